The van der Waals surface area contributed by atoms with Crippen molar-refractivity contribution in [2.75, 3.05) is 5.32 Å². The number of nitrogens with one attached hydrogen (secondary N) is 1. The standard InChI is InChI=1S/C23H20N2O3S/c1-16-12-14-18(15-13-16)24-22-23(29(26,27)19-9-4-3-5-10-19)25-21(28-22)20-11-7-6-8-17(20)2/h3-15,24H,1-2H3. The van der Waals surface area contributed by atoms with Gasteiger partial charge in [0.1, 0.15) is 0 Å². The largest absolute Gasteiger partial charge is 0.419 e. The lowest BCUT2D eigenvalue weighted by Gasteiger charge is -2.06. The van der Waals surface area contributed by atoms with Crippen LogP contribution < -0.4 is 5.32 Å². The molecule has 0 atom stereocenters. The van der Waals surface area contributed by atoms with Crippen LogP contribution in [0, 0.1) is 13.8 Å². The molecular formula is C23H20N2O3S. The third-order valence-corrected chi connectivity index (χ3v) is 6.27. The molecule has 0 spiro atoms. The number of hydrogen-bond acceptors (Lipinski definition) is 5. The van der Waals surface area contributed by atoms with Gasteiger partial charge in [0.25, 0.3) is 0 Å². The normalized spacial score (nSPS) is 11.4. The van der Waals surface area contributed by atoms with Gasteiger partial charge in [0, 0.05) is 11.3 Å². The number of aromatic nitrogens is 1. The molecular weight excluding hydrogens is 384 g/mol. The van der Waals surface area contributed by atoms with E-state index >= 15 is 0 Å². The van der Waals surface area contributed by atoms with Crippen LogP contribution in [0.5, 0.6) is 0 Å². The van der Waals surface area contributed by atoms with Gasteiger partial charge in [-0.3, -0.25) is 0 Å². The molecule has 1 N–H and O–H groups in total. The Kier molecular flexibility index (Phi) is 4.94. The summed E-state index contributed by atoms with van der Waals surface area (Å²) >= 11 is 0. The minimum atomic E-state index is -3.87. The van der Waals surface area contributed by atoms with Gasteiger partial charge in [-0.15, -0.1) is 0 Å². The quantitative estimate of drug-likeness (QED) is 0.473. The van der Waals surface area contributed by atoms with Crippen molar-refractivity contribution in [3.05, 3.63) is 90.0 Å². The number of benzene rings is 3. The number of rotatable bonds is 5. The van der Waals surface area contributed by atoms with Gasteiger partial charge in [-0.1, -0.05) is 54.1 Å². The minimum absolute atomic E-state index is 0.0935. The fourth-order valence-electron chi connectivity index (χ4n) is 2.97. The van der Waals surface area contributed by atoms with Crippen molar-refractivity contribution in [1.82, 2.24) is 4.98 Å². The maximum Gasteiger partial charge on any atom is 0.238 e. The maximum absolute atomic E-state index is 13.3. The smallest absolute Gasteiger partial charge is 0.238 e. The first kappa shape index (κ1) is 19.0. The van der Waals surface area contributed by atoms with E-state index in [1.807, 2.05) is 62.4 Å². The van der Waals surface area contributed by atoms with Crippen molar-refractivity contribution >= 4 is 21.4 Å². The summed E-state index contributed by atoms with van der Waals surface area (Å²) in [5.74, 6) is 0.350. The number of anilines is 2. The Morgan fingerprint density at radius 3 is 2.17 bits per heavy atom. The first-order valence-corrected chi connectivity index (χ1v) is 10.6. The average molecular weight is 404 g/mol. The Hall–Kier alpha value is -3.38. The molecule has 3 aromatic carbocycles. The van der Waals surface area contributed by atoms with Crippen molar-refractivity contribution in [3.63, 3.8) is 0 Å². The zero-order valence-corrected chi connectivity index (χ0v) is 16.9. The van der Waals surface area contributed by atoms with Crippen LogP contribution in [0.3, 0.4) is 0 Å². The van der Waals surface area contributed by atoms with Gasteiger partial charge in [0.15, 0.2) is 0 Å². The SMILES string of the molecule is Cc1ccc(Nc2oc(-c3ccccc3C)nc2S(=O)(=O)c2ccccc2)cc1. The molecule has 0 aliphatic heterocycles. The molecule has 0 saturated carbocycles. The van der Waals surface area contributed by atoms with Crippen LogP contribution in [0.25, 0.3) is 11.5 Å². The molecule has 0 bridgehead atoms. The van der Waals surface area contributed by atoms with Crippen LogP contribution in [-0.4, -0.2) is 13.4 Å². The first-order valence-electron chi connectivity index (χ1n) is 9.16. The molecule has 0 saturated heterocycles. The summed E-state index contributed by atoms with van der Waals surface area (Å²) < 4.78 is 32.5. The van der Waals surface area contributed by atoms with Crippen molar-refractivity contribution in [1.29, 1.82) is 0 Å². The zero-order chi connectivity index (χ0) is 20.4. The zero-order valence-electron chi connectivity index (χ0n) is 16.1. The van der Waals surface area contributed by atoms with E-state index in [1.165, 1.54) is 0 Å². The molecule has 29 heavy (non-hydrogen) atoms. The van der Waals surface area contributed by atoms with Crippen molar-refractivity contribution in [3.8, 4) is 11.5 Å². The van der Waals surface area contributed by atoms with Gasteiger partial charge in [0.05, 0.1) is 4.90 Å². The summed E-state index contributed by atoms with van der Waals surface area (Å²) in [6, 6.07) is 23.4. The van der Waals surface area contributed by atoms with E-state index in [1.54, 1.807) is 30.3 Å². The van der Waals surface area contributed by atoms with Crippen LogP contribution in [0.2, 0.25) is 0 Å². The summed E-state index contributed by atoms with van der Waals surface area (Å²) in [6.45, 7) is 3.91. The van der Waals surface area contributed by atoms with E-state index in [9.17, 15) is 8.42 Å². The third-order valence-electron chi connectivity index (χ3n) is 4.59. The molecule has 5 nitrogen and oxygen atoms in total. The van der Waals surface area contributed by atoms with Crippen LogP contribution in [0.15, 0.2) is 93.2 Å². The van der Waals surface area contributed by atoms with Crippen LogP contribution in [0.4, 0.5) is 11.6 Å². The van der Waals surface area contributed by atoms with Crippen molar-refractivity contribution in [2.45, 2.75) is 23.8 Å². The lowest BCUT2D eigenvalue weighted by atomic mass is 10.1. The highest BCUT2D eigenvalue weighted by Crippen LogP contribution is 2.35. The molecule has 0 aliphatic carbocycles. The number of sulfone groups is 1. The van der Waals surface area contributed by atoms with Crippen LogP contribution >= 0.6 is 0 Å². The van der Waals surface area contributed by atoms with Gasteiger partial charge in [0.2, 0.25) is 26.6 Å². The number of nitrogens with zero attached hydrogens (tertiary/aromatic N) is 1. The summed E-state index contributed by atoms with van der Waals surface area (Å²) in [6.07, 6.45) is 0. The van der Waals surface area contributed by atoms with Crippen molar-refractivity contribution in [2.24, 2.45) is 0 Å². The highest BCUT2D eigenvalue weighted by atomic mass is 32.2. The molecule has 0 aliphatic rings. The third kappa shape index (κ3) is 3.79. The Morgan fingerprint density at radius 1 is 0.828 bits per heavy atom. The van der Waals surface area contributed by atoms with Crippen LogP contribution in [-0.2, 0) is 9.84 Å². The lowest BCUT2D eigenvalue weighted by molar-refractivity contribution is 0.581. The molecule has 0 unspecified atom stereocenters. The topological polar surface area (TPSA) is 72.2 Å². The van der Waals surface area contributed by atoms with Gasteiger partial charge >= 0.3 is 0 Å². The van der Waals surface area contributed by atoms with Crippen LogP contribution in [0.1, 0.15) is 11.1 Å². The molecule has 0 radical (unpaired) electrons. The van der Waals surface area contributed by atoms with Gasteiger partial charge in [-0.25, -0.2) is 8.42 Å². The predicted molar refractivity (Wildman–Crippen MR) is 113 cm³/mol. The number of aryl methyl sites for hydroxylation is 2. The molecule has 4 rings (SSSR count). The monoisotopic (exact) mass is 404 g/mol. The Labute approximate surface area is 170 Å². The Balaban J connectivity index is 1.86. The fourth-order valence-corrected chi connectivity index (χ4v) is 4.25. The van der Waals surface area contributed by atoms with E-state index in [0.717, 1.165) is 16.7 Å². The van der Waals surface area contributed by atoms with E-state index in [4.69, 9.17) is 4.42 Å². The predicted octanol–water partition coefficient (Wildman–Crippen LogP) is 5.53. The molecule has 0 amide bonds. The first-order chi connectivity index (χ1) is 13.9. The van der Waals surface area contributed by atoms with E-state index in [2.05, 4.69) is 10.3 Å². The summed E-state index contributed by atoms with van der Waals surface area (Å²) in [5, 5.41) is 2.94. The Bertz CT molecular complexity index is 1250. The summed E-state index contributed by atoms with van der Waals surface area (Å²) in [7, 11) is -3.87. The fraction of sp³-hybridized carbons (Fsp3) is 0.0870. The summed E-state index contributed by atoms with van der Waals surface area (Å²) in [4.78, 5) is 4.55. The molecule has 1 aromatic heterocycles. The second kappa shape index (κ2) is 7.56. The van der Waals surface area contributed by atoms with Gasteiger partial charge < -0.3 is 9.73 Å². The highest BCUT2D eigenvalue weighted by molar-refractivity contribution is 7.91. The summed E-state index contributed by atoms with van der Waals surface area (Å²) in [5.41, 5.74) is 3.51. The van der Waals surface area contributed by atoms with E-state index in [0.29, 0.717) is 5.69 Å². The van der Waals surface area contributed by atoms with Gasteiger partial charge in [-0.2, -0.15) is 4.98 Å². The van der Waals surface area contributed by atoms with Crippen molar-refractivity contribution < 1.29 is 12.8 Å². The highest BCUT2D eigenvalue weighted by Gasteiger charge is 2.29. The molecule has 146 valence electrons. The maximum atomic E-state index is 13.3. The molecule has 0 fully saturated rings. The minimum Gasteiger partial charge on any atom is -0.419 e. The second-order valence-electron chi connectivity index (χ2n) is 6.78. The van der Waals surface area contributed by atoms with E-state index < -0.39 is 9.84 Å². The molecule has 6 heteroatoms. The molecule has 1 heterocycles. The lowest BCUT2D eigenvalue weighted by Crippen LogP contribution is -2.05. The molecule has 4 aromatic rings. The number of hydrogen-bond donors (Lipinski definition) is 1. The second-order valence-corrected chi connectivity index (χ2v) is 8.64. The Morgan fingerprint density at radius 2 is 1.48 bits per heavy atom. The average Bonchev–Trinajstić information content (AvgIpc) is 3.15. The number of oxazole rings is 1. The van der Waals surface area contributed by atoms with Gasteiger partial charge in [-0.05, 0) is 49.7 Å². The van der Waals surface area contributed by atoms with E-state index in [-0.39, 0.29) is 21.7 Å².